The van der Waals surface area contributed by atoms with Gasteiger partial charge in [0.2, 0.25) is 0 Å². The molecule has 7 heteroatoms. The van der Waals surface area contributed by atoms with E-state index in [2.05, 4.69) is 39.1 Å². The van der Waals surface area contributed by atoms with Crippen molar-refractivity contribution in [2.24, 2.45) is 5.92 Å². The van der Waals surface area contributed by atoms with Crippen LogP contribution in [0.3, 0.4) is 0 Å². The maximum atomic E-state index is 6.02. The molecule has 6 nitrogen and oxygen atoms in total. The first kappa shape index (κ1) is 19.9. The molecule has 1 saturated heterocycles. The number of nitrogens with zero attached hydrogens (tertiary/aromatic N) is 4. The van der Waals surface area contributed by atoms with Gasteiger partial charge in [-0.15, -0.1) is 5.10 Å². The Kier molecular flexibility index (Phi) is 6.44. The maximum Gasteiger partial charge on any atom is 0.274 e. The van der Waals surface area contributed by atoms with Crippen LogP contribution in [0.1, 0.15) is 38.3 Å². The molecule has 1 aromatic carbocycles. The third-order valence-corrected chi connectivity index (χ3v) is 6.24. The Labute approximate surface area is 175 Å². The van der Waals surface area contributed by atoms with Crippen molar-refractivity contribution >= 4 is 27.4 Å². The first-order valence-electron chi connectivity index (χ1n) is 10.4. The molecule has 0 bridgehead atoms. The van der Waals surface area contributed by atoms with Gasteiger partial charge in [-0.25, -0.2) is 4.98 Å². The Morgan fingerprint density at radius 1 is 1.07 bits per heavy atom. The summed E-state index contributed by atoms with van der Waals surface area (Å²) in [5.41, 5.74) is 1.91. The summed E-state index contributed by atoms with van der Waals surface area (Å²) in [5.74, 6) is 2.57. The number of hydrogen-bond acceptors (Lipinski definition) is 7. The van der Waals surface area contributed by atoms with E-state index < -0.39 is 0 Å². The van der Waals surface area contributed by atoms with E-state index in [0.29, 0.717) is 12.5 Å². The fourth-order valence-electron chi connectivity index (χ4n) is 3.58. The first-order chi connectivity index (χ1) is 14.2. The van der Waals surface area contributed by atoms with Gasteiger partial charge in [0.1, 0.15) is 5.75 Å². The second-order valence-electron chi connectivity index (χ2n) is 7.56. The SMILES string of the molecule is CCCOc1nc2cc(OCCC3CCN(c4ccc(C)nn4)CC3)ccc2s1. The minimum absolute atomic E-state index is 0.696. The minimum Gasteiger partial charge on any atom is -0.494 e. The molecule has 29 heavy (non-hydrogen) atoms. The van der Waals surface area contributed by atoms with Crippen LogP contribution in [0.5, 0.6) is 10.9 Å². The molecule has 0 amide bonds. The quantitative estimate of drug-likeness (QED) is 0.526. The van der Waals surface area contributed by atoms with E-state index >= 15 is 0 Å². The van der Waals surface area contributed by atoms with Gasteiger partial charge in [-0.3, -0.25) is 0 Å². The summed E-state index contributed by atoms with van der Waals surface area (Å²) in [5, 5.41) is 9.22. The number of hydrogen-bond donors (Lipinski definition) is 0. The van der Waals surface area contributed by atoms with Gasteiger partial charge in [0, 0.05) is 19.2 Å². The molecule has 0 N–H and O–H groups in total. The van der Waals surface area contributed by atoms with Crippen LogP contribution >= 0.6 is 11.3 Å². The van der Waals surface area contributed by atoms with Crippen molar-refractivity contribution in [3.05, 3.63) is 36.0 Å². The van der Waals surface area contributed by atoms with E-state index in [9.17, 15) is 0 Å². The van der Waals surface area contributed by atoms with Gasteiger partial charge in [-0.1, -0.05) is 18.3 Å². The van der Waals surface area contributed by atoms with E-state index in [-0.39, 0.29) is 0 Å². The number of anilines is 1. The molecule has 0 aliphatic carbocycles. The number of aryl methyl sites for hydroxylation is 1. The summed E-state index contributed by atoms with van der Waals surface area (Å²) in [7, 11) is 0. The van der Waals surface area contributed by atoms with E-state index in [4.69, 9.17) is 9.47 Å². The molecule has 0 unspecified atom stereocenters. The molecule has 1 fully saturated rings. The van der Waals surface area contributed by atoms with Gasteiger partial charge >= 0.3 is 0 Å². The average molecular weight is 413 g/mol. The molecular formula is C22H28N4O2S. The molecule has 4 rings (SSSR count). The van der Waals surface area contributed by atoms with Crippen molar-refractivity contribution in [2.45, 2.75) is 39.5 Å². The lowest BCUT2D eigenvalue weighted by molar-refractivity contribution is 0.258. The van der Waals surface area contributed by atoms with Crippen LogP contribution in [0.4, 0.5) is 5.82 Å². The Morgan fingerprint density at radius 2 is 1.93 bits per heavy atom. The Balaban J connectivity index is 1.23. The van der Waals surface area contributed by atoms with Crippen LogP contribution in [-0.2, 0) is 0 Å². The number of aromatic nitrogens is 3. The highest BCUT2D eigenvalue weighted by Crippen LogP contribution is 2.31. The lowest BCUT2D eigenvalue weighted by atomic mass is 9.94. The molecule has 0 radical (unpaired) electrons. The third kappa shape index (κ3) is 5.15. The molecule has 3 heterocycles. The predicted octanol–water partition coefficient (Wildman–Crippen LogP) is 4.87. The molecule has 1 aliphatic rings. The minimum atomic E-state index is 0.696. The molecule has 3 aromatic rings. The lowest BCUT2D eigenvalue weighted by Gasteiger charge is -2.32. The van der Waals surface area contributed by atoms with Gasteiger partial charge in [0.25, 0.3) is 5.19 Å². The smallest absolute Gasteiger partial charge is 0.274 e. The zero-order valence-electron chi connectivity index (χ0n) is 17.1. The first-order valence-corrected chi connectivity index (χ1v) is 11.2. The predicted molar refractivity (Wildman–Crippen MR) is 117 cm³/mol. The van der Waals surface area contributed by atoms with E-state index in [1.807, 2.05) is 25.1 Å². The maximum absolute atomic E-state index is 6.02. The molecule has 2 aromatic heterocycles. The fourth-order valence-corrected chi connectivity index (χ4v) is 4.40. The summed E-state index contributed by atoms with van der Waals surface area (Å²) < 4.78 is 12.8. The highest BCUT2D eigenvalue weighted by atomic mass is 32.1. The summed E-state index contributed by atoms with van der Waals surface area (Å²) in [6.07, 6.45) is 4.40. The van der Waals surface area contributed by atoms with Crippen LogP contribution in [0.15, 0.2) is 30.3 Å². The van der Waals surface area contributed by atoms with Crippen LogP contribution in [0.25, 0.3) is 10.2 Å². The Hall–Kier alpha value is -2.41. The summed E-state index contributed by atoms with van der Waals surface area (Å²) in [6.45, 7) is 7.58. The number of rotatable bonds is 8. The van der Waals surface area contributed by atoms with Crippen molar-refractivity contribution in [1.82, 2.24) is 15.2 Å². The third-order valence-electron chi connectivity index (χ3n) is 5.29. The normalized spacial score (nSPS) is 15.0. The molecule has 154 valence electrons. The van der Waals surface area contributed by atoms with Crippen LogP contribution in [0.2, 0.25) is 0 Å². The van der Waals surface area contributed by atoms with Gasteiger partial charge in [0.05, 0.1) is 29.1 Å². The van der Waals surface area contributed by atoms with Gasteiger partial charge in [0.15, 0.2) is 5.82 Å². The van der Waals surface area contributed by atoms with Gasteiger partial charge < -0.3 is 14.4 Å². The fraction of sp³-hybridized carbons (Fsp3) is 0.500. The van der Waals surface area contributed by atoms with Gasteiger partial charge in [-0.05, 0) is 62.8 Å². The van der Waals surface area contributed by atoms with E-state index in [1.165, 1.54) is 12.8 Å². The van der Waals surface area contributed by atoms with Crippen molar-refractivity contribution < 1.29 is 9.47 Å². The molecule has 0 atom stereocenters. The highest BCUT2D eigenvalue weighted by molar-refractivity contribution is 7.20. The number of piperidine rings is 1. The van der Waals surface area contributed by atoms with Crippen molar-refractivity contribution in [1.29, 1.82) is 0 Å². The molecule has 0 spiro atoms. The highest BCUT2D eigenvalue weighted by Gasteiger charge is 2.20. The number of thiazole rings is 1. The van der Waals surface area contributed by atoms with Crippen molar-refractivity contribution in [3.8, 4) is 10.9 Å². The van der Waals surface area contributed by atoms with Crippen LogP contribution in [0, 0.1) is 12.8 Å². The average Bonchev–Trinajstić information content (AvgIpc) is 3.15. The number of fused-ring (bicyclic) bond motifs is 1. The Bertz CT molecular complexity index is 920. The summed E-state index contributed by atoms with van der Waals surface area (Å²) in [4.78, 5) is 6.88. The zero-order chi connectivity index (χ0) is 20.1. The second kappa shape index (κ2) is 9.39. The Morgan fingerprint density at radius 3 is 2.69 bits per heavy atom. The van der Waals surface area contributed by atoms with Gasteiger partial charge in [-0.2, -0.15) is 5.10 Å². The van der Waals surface area contributed by atoms with E-state index in [0.717, 1.165) is 65.2 Å². The van der Waals surface area contributed by atoms with Crippen LogP contribution < -0.4 is 14.4 Å². The van der Waals surface area contributed by atoms with Crippen LogP contribution in [-0.4, -0.2) is 41.5 Å². The zero-order valence-corrected chi connectivity index (χ0v) is 18.0. The molecule has 0 saturated carbocycles. The standard InChI is InChI=1S/C22H28N4O2S/c1-3-13-28-22-23-19-15-18(5-6-20(19)29-22)27-14-10-17-8-11-26(12-9-17)21-7-4-16(2)24-25-21/h4-7,15,17H,3,8-14H2,1-2H3. The summed E-state index contributed by atoms with van der Waals surface area (Å²) in [6, 6.07) is 10.2. The van der Waals surface area contributed by atoms with Crippen molar-refractivity contribution in [3.63, 3.8) is 0 Å². The molecular weight excluding hydrogens is 384 g/mol. The van der Waals surface area contributed by atoms with E-state index in [1.54, 1.807) is 11.3 Å². The number of ether oxygens (including phenoxy) is 2. The topological polar surface area (TPSA) is 60.4 Å². The number of benzene rings is 1. The van der Waals surface area contributed by atoms with Crippen molar-refractivity contribution in [2.75, 3.05) is 31.2 Å². The largest absolute Gasteiger partial charge is 0.494 e. The molecule has 1 aliphatic heterocycles. The second-order valence-corrected chi connectivity index (χ2v) is 8.55. The summed E-state index contributed by atoms with van der Waals surface area (Å²) >= 11 is 1.59. The monoisotopic (exact) mass is 412 g/mol. The lowest BCUT2D eigenvalue weighted by Crippen LogP contribution is -2.34.